The molecule has 6 nitrogen and oxygen atoms in total. The molecule has 31 heavy (non-hydrogen) atoms. The highest BCUT2D eigenvalue weighted by Gasteiger charge is 2.31. The fraction of sp³-hybridized carbons (Fsp3) is 0.458. The molecule has 3 rings (SSSR count). The number of sulfonamides is 1. The molecule has 0 saturated carbocycles. The van der Waals surface area contributed by atoms with Crippen LogP contribution in [0.3, 0.4) is 0 Å². The summed E-state index contributed by atoms with van der Waals surface area (Å²) < 4.78 is 33.4. The zero-order valence-corrected chi connectivity index (χ0v) is 19.7. The number of amides is 1. The minimum Gasteiger partial charge on any atom is -0.481 e. The molecule has 7 heteroatoms. The standard InChI is InChI=1S/C24H32N2O4S/c1-16-13-17(2)15-26(14-16)31(28,29)22-11-9-21(10-12-22)25-24(27)20(5)30-23-8-6-7-18(3)19(23)4/h6-12,16-17,20H,13-15H2,1-5H3,(H,25,27)/t16-,17+,20-/m0/s1. The van der Waals surface area contributed by atoms with Gasteiger partial charge in [-0.15, -0.1) is 0 Å². The molecule has 1 aliphatic heterocycles. The Bertz CT molecular complexity index is 1020. The van der Waals surface area contributed by atoms with Crippen molar-refractivity contribution in [2.75, 3.05) is 18.4 Å². The van der Waals surface area contributed by atoms with E-state index in [1.54, 1.807) is 35.5 Å². The van der Waals surface area contributed by atoms with Crippen LogP contribution in [0.2, 0.25) is 0 Å². The lowest BCUT2D eigenvalue weighted by atomic mass is 9.94. The van der Waals surface area contributed by atoms with Gasteiger partial charge in [0.25, 0.3) is 5.91 Å². The van der Waals surface area contributed by atoms with Gasteiger partial charge >= 0.3 is 0 Å². The number of rotatable bonds is 6. The van der Waals surface area contributed by atoms with Gasteiger partial charge in [-0.3, -0.25) is 4.79 Å². The molecule has 0 radical (unpaired) electrons. The molecule has 2 aromatic carbocycles. The minimum atomic E-state index is -3.54. The van der Waals surface area contributed by atoms with Crippen LogP contribution in [0.1, 0.15) is 38.3 Å². The summed E-state index contributed by atoms with van der Waals surface area (Å²) in [6, 6.07) is 12.1. The first-order valence-corrected chi connectivity index (χ1v) is 12.2. The maximum atomic E-state index is 13.0. The number of benzene rings is 2. The Morgan fingerprint density at radius 2 is 1.68 bits per heavy atom. The van der Waals surface area contributed by atoms with Crippen LogP contribution in [0.4, 0.5) is 5.69 Å². The lowest BCUT2D eigenvalue weighted by Crippen LogP contribution is -2.42. The molecule has 0 spiro atoms. The molecule has 3 atom stereocenters. The minimum absolute atomic E-state index is 0.242. The number of nitrogens with zero attached hydrogens (tertiary/aromatic N) is 1. The highest BCUT2D eigenvalue weighted by Crippen LogP contribution is 2.27. The van der Waals surface area contributed by atoms with Crippen molar-refractivity contribution in [3.05, 3.63) is 53.6 Å². The van der Waals surface area contributed by atoms with Crippen LogP contribution < -0.4 is 10.1 Å². The van der Waals surface area contributed by atoms with Crippen LogP contribution in [-0.4, -0.2) is 37.8 Å². The van der Waals surface area contributed by atoms with Crippen LogP contribution in [-0.2, 0) is 14.8 Å². The van der Waals surface area contributed by atoms with E-state index in [4.69, 9.17) is 4.74 Å². The van der Waals surface area contributed by atoms with Gasteiger partial charge in [-0.2, -0.15) is 4.31 Å². The first-order valence-electron chi connectivity index (χ1n) is 10.7. The number of hydrogen-bond donors (Lipinski definition) is 1. The zero-order valence-electron chi connectivity index (χ0n) is 18.9. The number of carbonyl (C=O) groups is 1. The van der Waals surface area contributed by atoms with E-state index in [-0.39, 0.29) is 10.8 Å². The average Bonchev–Trinajstić information content (AvgIpc) is 2.71. The van der Waals surface area contributed by atoms with E-state index >= 15 is 0 Å². The summed E-state index contributed by atoms with van der Waals surface area (Å²) in [6.45, 7) is 10.9. The predicted molar refractivity (Wildman–Crippen MR) is 123 cm³/mol. The number of hydrogen-bond acceptors (Lipinski definition) is 4. The van der Waals surface area contributed by atoms with Crippen molar-refractivity contribution >= 4 is 21.6 Å². The quantitative estimate of drug-likeness (QED) is 0.718. The third kappa shape index (κ3) is 5.46. The molecule has 1 amide bonds. The van der Waals surface area contributed by atoms with Gasteiger partial charge in [-0.1, -0.05) is 26.0 Å². The molecule has 168 valence electrons. The van der Waals surface area contributed by atoms with Crippen LogP contribution in [0, 0.1) is 25.7 Å². The van der Waals surface area contributed by atoms with Gasteiger partial charge in [0.2, 0.25) is 10.0 Å². The van der Waals surface area contributed by atoms with Crippen LogP contribution >= 0.6 is 0 Å². The first kappa shape index (κ1) is 23.3. The monoisotopic (exact) mass is 444 g/mol. The SMILES string of the molecule is Cc1cccc(O[C@@H](C)C(=O)Nc2ccc(S(=O)(=O)N3C[C@H](C)C[C@H](C)C3)cc2)c1C. The van der Waals surface area contributed by atoms with Crippen molar-refractivity contribution in [1.29, 1.82) is 0 Å². The Labute approximate surface area is 185 Å². The van der Waals surface area contributed by atoms with Crippen molar-refractivity contribution in [1.82, 2.24) is 4.31 Å². The van der Waals surface area contributed by atoms with Gasteiger partial charge in [0.05, 0.1) is 4.90 Å². The third-order valence-electron chi connectivity index (χ3n) is 5.82. The lowest BCUT2D eigenvalue weighted by Gasteiger charge is -2.34. The molecule has 0 aliphatic carbocycles. The average molecular weight is 445 g/mol. The van der Waals surface area contributed by atoms with Gasteiger partial charge < -0.3 is 10.1 Å². The third-order valence-corrected chi connectivity index (χ3v) is 7.67. The van der Waals surface area contributed by atoms with Crippen molar-refractivity contribution < 1.29 is 17.9 Å². The molecule has 0 bridgehead atoms. The molecular weight excluding hydrogens is 412 g/mol. The molecule has 2 aromatic rings. The second-order valence-corrected chi connectivity index (χ2v) is 10.7. The summed E-state index contributed by atoms with van der Waals surface area (Å²) in [4.78, 5) is 12.8. The van der Waals surface area contributed by atoms with Gasteiger partial charge in [-0.25, -0.2) is 8.42 Å². The summed E-state index contributed by atoms with van der Waals surface area (Å²) in [6.07, 6.45) is 0.347. The lowest BCUT2D eigenvalue weighted by molar-refractivity contribution is -0.122. The summed E-state index contributed by atoms with van der Waals surface area (Å²) in [5, 5.41) is 2.80. The van der Waals surface area contributed by atoms with E-state index in [0.29, 0.717) is 36.4 Å². The first-order chi connectivity index (χ1) is 14.6. The Morgan fingerprint density at radius 3 is 2.29 bits per heavy atom. The summed E-state index contributed by atoms with van der Waals surface area (Å²) in [7, 11) is -3.54. The molecule has 1 N–H and O–H groups in total. The summed E-state index contributed by atoms with van der Waals surface area (Å²) in [5.41, 5.74) is 2.62. The largest absolute Gasteiger partial charge is 0.481 e. The number of anilines is 1. The second-order valence-electron chi connectivity index (χ2n) is 8.74. The predicted octanol–water partition coefficient (Wildman–Crippen LogP) is 4.38. The Morgan fingerprint density at radius 1 is 1.06 bits per heavy atom. The maximum Gasteiger partial charge on any atom is 0.265 e. The van der Waals surface area contributed by atoms with E-state index in [0.717, 1.165) is 17.5 Å². The van der Waals surface area contributed by atoms with E-state index in [1.807, 2.05) is 32.0 Å². The molecule has 1 saturated heterocycles. The van der Waals surface area contributed by atoms with Gasteiger partial charge in [0.15, 0.2) is 6.10 Å². The Kier molecular flexibility index (Phi) is 7.06. The molecule has 0 unspecified atom stereocenters. The Balaban J connectivity index is 1.66. The highest BCUT2D eigenvalue weighted by atomic mass is 32.2. The van der Waals surface area contributed by atoms with Crippen molar-refractivity contribution in [2.45, 2.75) is 52.0 Å². The second kappa shape index (κ2) is 9.40. The topological polar surface area (TPSA) is 75.7 Å². The van der Waals surface area contributed by atoms with Gasteiger partial charge in [-0.05, 0) is 80.5 Å². The molecular formula is C24H32N2O4S. The molecule has 1 aliphatic rings. The fourth-order valence-corrected chi connectivity index (χ4v) is 5.68. The van der Waals surface area contributed by atoms with Gasteiger partial charge in [0.1, 0.15) is 5.75 Å². The van der Waals surface area contributed by atoms with Crippen LogP contribution in [0.15, 0.2) is 47.4 Å². The van der Waals surface area contributed by atoms with Crippen molar-refractivity contribution in [3.8, 4) is 5.75 Å². The number of nitrogens with one attached hydrogen (secondary N) is 1. The molecule has 1 fully saturated rings. The summed E-state index contributed by atoms with van der Waals surface area (Å²) >= 11 is 0. The van der Waals surface area contributed by atoms with Crippen molar-refractivity contribution in [2.24, 2.45) is 11.8 Å². The van der Waals surface area contributed by atoms with E-state index in [1.165, 1.54) is 0 Å². The normalized spacial score (nSPS) is 20.8. The van der Waals surface area contributed by atoms with Crippen LogP contribution in [0.5, 0.6) is 5.75 Å². The van der Waals surface area contributed by atoms with E-state index in [2.05, 4.69) is 19.2 Å². The number of aryl methyl sites for hydroxylation is 1. The summed E-state index contributed by atoms with van der Waals surface area (Å²) in [5.74, 6) is 1.07. The highest BCUT2D eigenvalue weighted by molar-refractivity contribution is 7.89. The molecule has 1 heterocycles. The smallest absolute Gasteiger partial charge is 0.265 e. The Hall–Kier alpha value is -2.38. The number of carbonyl (C=O) groups excluding carboxylic acids is 1. The zero-order chi connectivity index (χ0) is 22.8. The van der Waals surface area contributed by atoms with Crippen LogP contribution in [0.25, 0.3) is 0 Å². The number of ether oxygens (including phenoxy) is 1. The number of piperidine rings is 1. The molecule has 0 aromatic heterocycles. The van der Waals surface area contributed by atoms with Crippen molar-refractivity contribution in [3.63, 3.8) is 0 Å². The maximum absolute atomic E-state index is 13.0. The van der Waals surface area contributed by atoms with E-state index < -0.39 is 16.1 Å². The van der Waals surface area contributed by atoms with E-state index in [9.17, 15) is 13.2 Å². The fourth-order valence-electron chi connectivity index (χ4n) is 4.00. The van der Waals surface area contributed by atoms with Gasteiger partial charge in [0, 0.05) is 18.8 Å².